The summed E-state index contributed by atoms with van der Waals surface area (Å²) in [6.45, 7) is 0. The van der Waals surface area contributed by atoms with Gasteiger partial charge < -0.3 is 5.32 Å². The Morgan fingerprint density at radius 2 is 2.00 bits per heavy atom. The molecule has 4 rings (SSSR count). The van der Waals surface area contributed by atoms with E-state index in [2.05, 4.69) is 26.1 Å². The molecule has 2 fully saturated rings. The van der Waals surface area contributed by atoms with Crippen molar-refractivity contribution in [1.29, 1.82) is 0 Å². The van der Waals surface area contributed by atoms with Crippen LogP contribution in [0.5, 0.6) is 0 Å². The average molecular weight is 343 g/mol. The van der Waals surface area contributed by atoms with Crippen molar-refractivity contribution in [2.24, 2.45) is 5.92 Å². The Bertz CT molecular complexity index is 704. The van der Waals surface area contributed by atoms with Crippen LogP contribution in [0.3, 0.4) is 0 Å². The van der Waals surface area contributed by atoms with E-state index in [1.807, 2.05) is 17.5 Å². The van der Waals surface area contributed by atoms with Crippen LogP contribution in [0.25, 0.3) is 11.3 Å². The molecule has 0 aromatic carbocycles. The minimum absolute atomic E-state index is 0.00697. The molecule has 1 amide bonds. The number of anilines is 1. The molecular formula is C17H21N5OS. The van der Waals surface area contributed by atoms with E-state index in [0.29, 0.717) is 17.1 Å². The zero-order valence-electron chi connectivity index (χ0n) is 13.4. The summed E-state index contributed by atoms with van der Waals surface area (Å²) in [7, 11) is 0. The van der Waals surface area contributed by atoms with Gasteiger partial charge in [-0.05, 0) is 25.0 Å². The van der Waals surface area contributed by atoms with Crippen molar-refractivity contribution in [3.63, 3.8) is 0 Å². The van der Waals surface area contributed by atoms with Crippen molar-refractivity contribution < 1.29 is 4.79 Å². The van der Waals surface area contributed by atoms with Crippen LogP contribution >= 0.6 is 11.3 Å². The first-order chi connectivity index (χ1) is 11.8. The molecule has 0 radical (unpaired) electrons. The number of nitrogens with zero attached hydrogens (tertiary/aromatic N) is 2. The van der Waals surface area contributed by atoms with Crippen LogP contribution < -0.4 is 16.2 Å². The first-order valence-corrected chi connectivity index (χ1v) is 9.37. The summed E-state index contributed by atoms with van der Waals surface area (Å²) in [6.07, 6.45) is 9.45. The lowest BCUT2D eigenvalue weighted by atomic mass is 9.90. The van der Waals surface area contributed by atoms with Gasteiger partial charge in [0.1, 0.15) is 6.04 Å². The van der Waals surface area contributed by atoms with Crippen LogP contribution in [0, 0.1) is 5.92 Å². The molecule has 3 N–H and O–H groups in total. The number of rotatable bonds is 3. The SMILES string of the molecule is O=C(Nc1nc(-c2ccncc2)cs1)C1NNC2CCCCCC21. The van der Waals surface area contributed by atoms with Gasteiger partial charge in [0.15, 0.2) is 5.13 Å². The van der Waals surface area contributed by atoms with Gasteiger partial charge in [-0.1, -0.05) is 19.3 Å². The predicted octanol–water partition coefficient (Wildman–Crippen LogP) is 2.57. The van der Waals surface area contributed by atoms with Crippen LogP contribution in [0.2, 0.25) is 0 Å². The molecule has 7 heteroatoms. The molecule has 0 spiro atoms. The number of thiazole rings is 1. The van der Waals surface area contributed by atoms with Crippen molar-refractivity contribution in [3.05, 3.63) is 29.9 Å². The second-order valence-electron chi connectivity index (χ2n) is 6.44. The van der Waals surface area contributed by atoms with Crippen LogP contribution in [-0.4, -0.2) is 28.0 Å². The lowest BCUT2D eigenvalue weighted by Gasteiger charge is -2.19. The molecule has 126 valence electrons. The molecule has 1 aliphatic heterocycles. The van der Waals surface area contributed by atoms with Gasteiger partial charge in [-0.25, -0.2) is 10.4 Å². The van der Waals surface area contributed by atoms with E-state index < -0.39 is 0 Å². The number of nitrogens with one attached hydrogen (secondary N) is 3. The van der Waals surface area contributed by atoms with Gasteiger partial charge in [0, 0.05) is 35.3 Å². The predicted molar refractivity (Wildman–Crippen MR) is 94.4 cm³/mol. The molecule has 1 aliphatic carbocycles. The van der Waals surface area contributed by atoms with E-state index in [0.717, 1.165) is 24.1 Å². The molecular weight excluding hydrogens is 322 g/mol. The van der Waals surface area contributed by atoms with Gasteiger partial charge in [0.2, 0.25) is 5.91 Å². The summed E-state index contributed by atoms with van der Waals surface area (Å²) in [4.78, 5) is 21.2. The average Bonchev–Trinajstić information content (AvgIpc) is 3.17. The van der Waals surface area contributed by atoms with Gasteiger partial charge >= 0.3 is 0 Å². The van der Waals surface area contributed by atoms with Crippen LogP contribution in [0.1, 0.15) is 32.1 Å². The molecule has 3 heterocycles. The third kappa shape index (κ3) is 3.19. The molecule has 1 saturated carbocycles. The number of fused-ring (bicyclic) bond motifs is 1. The fourth-order valence-electron chi connectivity index (χ4n) is 3.65. The van der Waals surface area contributed by atoms with E-state index in [1.165, 1.54) is 30.6 Å². The maximum atomic E-state index is 12.7. The maximum absolute atomic E-state index is 12.7. The van der Waals surface area contributed by atoms with Crippen LogP contribution in [0.4, 0.5) is 5.13 Å². The van der Waals surface area contributed by atoms with Crippen molar-refractivity contribution >= 4 is 22.4 Å². The Morgan fingerprint density at radius 1 is 1.17 bits per heavy atom. The Balaban J connectivity index is 1.44. The summed E-state index contributed by atoms with van der Waals surface area (Å²) in [5, 5.41) is 5.58. The molecule has 0 bridgehead atoms. The molecule has 3 atom stereocenters. The fourth-order valence-corrected chi connectivity index (χ4v) is 4.37. The minimum atomic E-state index is -0.179. The first-order valence-electron chi connectivity index (χ1n) is 8.49. The summed E-state index contributed by atoms with van der Waals surface area (Å²) in [5.74, 6) is 0.375. The summed E-state index contributed by atoms with van der Waals surface area (Å²) >= 11 is 1.45. The van der Waals surface area contributed by atoms with Gasteiger partial charge in [-0.15, -0.1) is 11.3 Å². The first kappa shape index (κ1) is 15.7. The van der Waals surface area contributed by atoms with Gasteiger partial charge in [0.25, 0.3) is 0 Å². The van der Waals surface area contributed by atoms with Crippen molar-refractivity contribution in [2.45, 2.75) is 44.2 Å². The largest absolute Gasteiger partial charge is 0.301 e. The van der Waals surface area contributed by atoms with E-state index in [9.17, 15) is 4.79 Å². The Labute approximate surface area is 145 Å². The number of amides is 1. The fraction of sp³-hybridized carbons (Fsp3) is 0.471. The van der Waals surface area contributed by atoms with Crippen LogP contribution in [-0.2, 0) is 4.79 Å². The topological polar surface area (TPSA) is 78.9 Å². The standard InChI is InChI=1S/C17H21N5OS/c23-16(15-12-4-2-1-3-5-13(12)21-22-15)20-17-19-14(10-24-17)11-6-8-18-9-7-11/h6-10,12-13,15,21-22H,1-5H2,(H,19,20,23). The number of carbonyl (C=O) groups is 1. The second kappa shape index (κ2) is 6.96. The zero-order chi connectivity index (χ0) is 16.4. The number of hydrogen-bond acceptors (Lipinski definition) is 6. The zero-order valence-corrected chi connectivity index (χ0v) is 14.2. The normalized spacial score (nSPS) is 26.6. The highest BCUT2D eigenvalue weighted by molar-refractivity contribution is 7.14. The van der Waals surface area contributed by atoms with E-state index in [4.69, 9.17) is 0 Å². The Hall–Kier alpha value is -1.83. The maximum Gasteiger partial charge on any atom is 0.244 e. The van der Waals surface area contributed by atoms with E-state index in [1.54, 1.807) is 12.4 Å². The van der Waals surface area contributed by atoms with Gasteiger partial charge in [-0.2, -0.15) is 0 Å². The highest BCUT2D eigenvalue weighted by Crippen LogP contribution is 2.30. The minimum Gasteiger partial charge on any atom is -0.301 e. The highest BCUT2D eigenvalue weighted by atomic mass is 32.1. The molecule has 6 nitrogen and oxygen atoms in total. The highest BCUT2D eigenvalue weighted by Gasteiger charge is 2.40. The summed E-state index contributed by atoms with van der Waals surface area (Å²) in [5.41, 5.74) is 8.37. The molecule has 24 heavy (non-hydrogen) atoms. The lowest BCUT2D eigenvalue weighted by molar-refractivity contribution is -0.118. The van der Waals surface area contributed by atoms with Crippen molar-refractivity contribution in [1.82, 2.24) is 20.8 Å². The molecule has 3 unspecified atom stereocenters. The van der Waals surface area contributed by atoms with Crippen LogP contribution in [0.15, 0.2) is 29.9 Å². The number of hydrazine groups is 1. The van der Waals surface area contributed by atoms with Crippen molar-refractivity contribution in [2.75, 3.05) is 5.32 Å². The van der Waals surface area contributed by atoms with E-state index in [-0.39, 0.29) is 11.9 Å². The third-order valence-electron chi connectivity index (χ3n) is 4.91. The number of carbonyl (C=O) groups excluding carboxylic acids is 1. The molecule has 1 saturated heterocycles. The van der Waals surface area contributed by atoms with E-state index >= 15 is 0 Å². The quantitative estimate of drug-likeness (QED) is 0.798. The lowest BCUT2D eigenvalue weighted by Crippen LogP contribution is -2.42. The summed E-state index contributed by atoms with van der Waals surface area (Å²) < 4.78 is 0. The van der Waals surface area contributed by atoms with Gasteiger partial charge in [0.05, 0.1) is 5.69 Å². The summed E-state index contributed by atoms with van der Waals surface area (Å²) in [6, 6.07) is 4.06. The number of aromatic nitrogens is 2. The van der Waals surface area contributed by atoms with Gasteiger partial charge in [-0.3, -0.25) is 15.2 Å². The Morgan fingerprint density at radius 3 is 2.88 bits per heavy atom. The molecule has 2 aromatic heterocycles. The molecule has 2 aliphatic rings. The number of pyridine rings is 1. The third-order valence-corrected chi connectivity index (χ3v) is 5.67. The monoisotopic (exact) mass is 343 g/mol. The molecule has 2 aromatic rings. The smallest absolute Gasteiger partial charge is 0.244 e. The number of hydrogen-bond donors (Lipinski definition) is 3. The van der Waals surface area contributed by atoms with Crippen molar-refractivity contribution in [3.8, 4) is 11.3 Å². The Kier molecular flexibility index (Phi) is 4.55. The second-order valence-corrected chi connectivity index (χ2v) is 7.30.